The summed E-state index contributed by atoms with van der Waals surface area (Å²) >= 11 is 12.6. The average Bonchev–Trinajstić information content (AvgIpc) is 3.61. The van der Waals surface area contributed by atoms with E-state index in [2.05, 4.69) is 10.4 Å². The summed E-state index contributed by atoms with van der Waals surface area (Å²) in [5.74, 6) is -8.24. The summed E-state index contributed by atoms with van der Waals surface area (Å²) in [5.41, 5.74) is 1.18. The SMILES string of the molecule is COc1cc(C=CC2C3=CCC4C(=O)N(c5cccc(B(O)O)c5)C(=O)C4C3CC3C(=O)N(Nc4ncc(C(F)(F)F)cc4Cl)C(=O)C23c2ccc(Cl)cc2)cc(OC)c1O. The molecule has 3 heterocycles. The maximum Gasteiger partial charge on any atom is 0.488 e. The Morgan fingerprint density at radius 1 is 0.934 bits per heavy atom. The van der Waals surface area contributed by atoms with Crippen molar-refractivity contribution in [3.8, 4) is 17.2 Å². The number of ether oxygens (including phenoxy) is 2. The first kappa shape index (κ1) is 41.8. The number of benzene rings is 3. The number of hydrogen-bond donors (Lipinski definition) is 4. The van der Waals surface area contributed by atoms with Crippen molar-refractivity contribution in [1.29, 1.82) is 0 Å². The molecule has 8 rings (SSSR count). The van der Waals surface area contributed by atoms with Gasteiger partial charge in [0.05, 0.1) is 53.7 Å². The van der Waals surface area contributed by atoms with E-state index in [0.29, 0.717) is 39.0 Å². The van der Waals surface area contributed by atoms with E-state index >= 15 is 4.79 Å². The van der Waals surface area contributed by atoms with E-state index in [1.165, 1.54) is 50.6 Å². The number of pyridine rings is 1. The van der Waals surface area contributed by atoms with Crippen molar-refractivity contribution >= 4 is 77.0 Å². The minimum absolute atomic E-state index is 0.0511. The highest BCUT2D eigenvalue weighted by molar-refractivity contribution is 6.58. The highest BCUT2D eigenvalue weighted by Crippen LogP contribution is 2.62. The lowest BCUT2D eigenvalue weighted by atomic mass is 9.50. The highest BCUT2D eigenvalue weighted by atomic mass is 35.5. The number of allylic oxidation sites excluding steroid dienone is 3. The molecule has 2 aliphatic carbocycles. The van der Waals surface area contributed by atoms with Crippen LogP contribution in [0.4, 0.5) is 24.7 Å². The molecule has 19 heteroatoms. The van der Waals surface area contributed by atoms with E-state index in [-0.39, 0.29) is 41.2 Å². The zero-order valence-electron chi connectivity index (χ0n) is 32.1. The van der Waals surface area contributed by atoms with Gasteiger partial charge in [-0.05, 0) is 77.8 Å². The molecular weight excluding hydrogens is 843 g/mol. The third-order valence-electron chi connectivity index (χ3n) is 12.0. The Labute approximate surface area is 356 Å². The van der Waals surface area contributed by atoms with Gasteiger partial charge in [-0.15, -0.1) is 0 Å². The lowest BCUT2D eigenvalue weighted by molar-refractivity contribution is -0.139. The molecule has 4 aromatic rings. The number of amides is 4. The first-order valence-corrected chi connectivity index (χ1v) is 19.6. The van der Waals surface area contributed by atoms with Gasteiger partial charge in [-0.25, -0.2) is 4.98 Å². The standard InChI is InChI=1S/C42H34BCl2F3N4O9/c1-60-32-14-20(15-33(61-2)35(32)53)6-13-29-26-11-12-27-34(39(56)51(37(27)54)25-5-3-4-23(17-25)43(58)59)28(26)18-30-38(55)52(40(57)41(29,30)21-7-9-24(44)10-8-21)50-36-31(45)16-22(19-49-36)42(46,47)48/h3-11,13-17,19,27-30,34,53,58-59H,12,18H2,1-2H3,(H,49,50). The van der Waals surface area contributed by atoms with Crippen LogP contribution in [0, 0.1) is 29.6 Å². The van der Waals surface area contributed by atoms with E-state index in [1.54, 1.807) is 42.5 Å². The minimum Gasteiger partial charge on any atom is -0.502 e. The predicted molar refractivity (Wildman–Crippen MR) is 217 cm³/mol. The van der Waals surface area contributed by atoms with Gasteiger partial charge < -0.3 is 24.6 Å². The van der Waals surface area contributed by atoms with E-state index in [9.17, 15) is 42.7 Å². The molecule has 1 aromatic heterocycles. The van der Waals surface area contributed by atoms with Crippen molar-refractivity contribution in [3.05, 3.63) is 117 Å². The van der Waals surface area contributed by atoms with Crippen LogP contribution in [0.25, 0.3) is 6.08 Å². The van der Waals surface area contributed by atoms with E-state index in [1.807, 2.05) is 0 Å². The average molecular weight is 877 g/mol. The molecule has 61 heavy (non-hydrogen) atoms. The number of phenolic OH excluding ortho intramolecular Hbond substituents is 1. The molecule has 314 valence electrons. The van der Waals surface area contributed by atoms with Gasteiger partial charge in [-0.3, -0.25) is 29.5 Å². The maximum absolute atomic E-state index is 15.4. The fourth-order valence-electron chi connectivity index (χ4n) is 9.33. The van der Waals surface area contributed by atoms with E-state index in [0.717, 1.165) is 4.90 Å². The van der Waals surface area contributed by atoms with E-state index < -0.39 is 88.3 Å². The number of alkyl halides is 3. The summed E-state index contributed by atoms with van der Waals surface area (Å²) in [7, 11) is 0.828. The Bertz CT molecular complexity index is 2530. The van der Waals surface area contributed by atoms with Crippen LogP contribution >= 0.6 is 23.2 Å². The van der Waals surface area contributed by atoms with Crippen molar-refractivity contribution in [2.45, 2.75) is 24.4 Å². The summed E-state index contributed by atoms with van der Waals surface area (Å²) < 4.78 is 51.4. The van der Waals surface area contributed by atoms with Crippen LogP contribution in [0.3, 0.4) is 0 Å². The largest absolute Gasteiger partial charge is 0.502 e. The zero-order valence-corrected chi connectivity index (χ0v) is 33.6. The minimum atomic E-state index is -4.79. The normalized spacial score (nSPS) is 24.7. The van der Waals surface area contributed by atoms with Crippen molar-refractivity contribution in [2.24, 2.45) is 29.6 Å². The number of imide groups is 2. The van der Waals surface area contributed by atoms with Crippen LogP contribution in [0.1, 0.15) is 29.5 Å². The Morgan fingerprint density at radius 2 is 1.62 bits per heavy atom. The number of phenols is 1. The summed E-state index contributed by atoms with van der Waals surface area (Å²) in [6.45, 7) is 0. The van der Waals surface area contributed by atoms with Crippen LogP contribution in [0.15, 0.2) is 90.7 Å². The number of aromatic nitrogens is 1. The lowest BCUT2D eigenvalue weighted by Crippen LogP contribution is -2.54. The van der Waals surface area contributed by atoms with Crippen LogP contribution < -0.4 is 25.3 Å². The Kier molecular flexibility index (Phi) is 10.7. The second-order valence-corrected chi connectivity index (χ2v) is 15.9. The number of carbonyl (C=O) groups is 4. The Balaban J connectivity index is 1.30. The molecule has 2 saturated heterocycles. The first-order chi connectivity index (χ1) is 29.0. The van der Waals surface area contributed by atoms with Crippen LogP contribution in [0.2, 0.25) is 10.0 Å². The van der Waals surface area contributed by atoms with Gasteiger partial charge >= 0.3 is 13.3 Å². The molecule has 4 amide bonds. The van der Waals surface area contributed by atoms with Crippen molar-refractivity contribution in [2.75, 3.05) is 24.5 Å². The molecule has 3 aromatic carbocycles. The molecule has 13 nitrogen and oxygen atoms in total. The second-order valence-electron chi connectivity index (χ2n) is 15.1. The molecule has 4 N–H and O–H groups in total. The molecule has 4 aliphatic rings. The molecule has 1 saturated carbocycles. The summed E-state index contributed by atoms with van der Waals surface area (Å²) in [6, 6.07) is 15.7. The third-order valence-corrected chi connectivity index (χ3v) is 12.6. The highest BCUT2D eigenvalue weighted by Gasteiger charge is 2.69. The summed E-state index contributed by atoms with van der Waals surface area (Å²) in [5, 5.41) is 30.8. The second kappa shape index (κ2) is 15.5. The predicted octanol–water partition coefficient (Wildman–Crippen LogP) is 5.55. The fraction of sp³-hybridized carbons (Fsp3) is 0.262. The number of nitrogens with one attached hydrogen (secondary N) is 1. The number of methoxy groups -OCH3 is 2. The molecule has 0 bridgehead atoms. The van der Waals surface area contributed by atoms with Gasteiger partial charge in [-0.1, -0.05) is 71.3 Å². The molecule has 3 fully saturated rings. The first-order valence-electron chi connectivity index (χ1n) is 18.8. The van der Waals surface area contributed by atoms with Gasteiger partial charge in [0.25, 0.3) is 11.8 Å². The molecule has 0 spiro atoms. The molecule has 6 atom stereocenters. The smallest absolute Gasteiger partial charge is 0.488 e. The van der Waals surface area contributed by atoms with Gasteiger partial charge in [0.2, 0.25) is 17.6 Å². The lowest BCUT2D eigenvalue weighted by Gasteiger charge is -2.49. The number of halogens is 5. The number of anilines is 2. The molecule has 2 aliphatic heterocycles. The Morgan fingerprint density at radius 3 is 2.25 bits per heavy atom. The monoisotopic (exact) mass is 876 g/mol. The fourth-order valence-corrected chi connectivity index (χ4v) is 9.66. The topological polar surface area (TPSA) is 179 Å². The zero-order chi connectivity index (χ0) is 43.7. The van der Waals surface area contributed by atoms with Crippen LogP contribution in [-0.4, -0.2) is 70.1 Å². The van der Waals surface area contributed by atoms with Gasteiger partial charge in [-0.2, -0.15) is 18.2 Å². The summed E-state index contributed by atoms with van der Waals surface area (Å²) in [6.07, 6.45) is 0.804. The number of fused-ring (bicyclic) bond motifs is 4. The van der Waals surface area contributed by atoms with Crippen molar-refractivity contribution in [1.82, 2.24) is 9.99 Å². The number of hydrazine groups is 1. The number of nitrogens with zero attached hydrogens (tertiary/aromatic N) is 3. The number of hydrogen-bond acceptors (Lipinski definition) is 11. The quantitative estimate of drug-likeness (QED) is 0.0943. The summed E-state index contributed by atoms with van der Waals surface area (Å²) in [4.78, 5) is 63.8. The van der Waals surface area contributed by atoms with Gasteiger partial charge in [0, 0.05) is 17.1 Å². The third kappa shape index (κ3) is 6.79. The molecule has 6 unspecified atom stereocenters. The molecule has 0 radical (unpaired) electrons. The van der Waals surface area contributed by atoms with Crippen LogP contribution in [0.5, 0.6) is 17.2 Å². The van der Waals surface area contributed by atoms with Crippen molar-refractivity contribution < 1.29 is 57.0 Å². The van der Waals surface area contributed by atoms with Gasteiger partial charge in [0.1, 0.15) is 0 Å². The number of carbonyl (C=O) groups excluding carboxylic acids is 4. The van der Waals surface area contributed by atoms with Crippen LogP contribution in [-0.2, 0) is 30.8 Å². The van der Waals surface area contributed by atoms with Gasteiger partial charge in [0.15, 0.2) is 17.3 Å². The number of rotatable bonds is 9. The maximum atomic E-state index is 15.4. The van der Waals surface area contributed by atoms with E-state index in [4.69, 9.17) is 32.7 Å². The Hall–Kier alpha value is -5.88. The molecular formula is C42H34BCl2F3N4O9. The number of aromatic hydroxyl groups is 1. The van der Waals surface area contributed by atoms with Crippen molar-refractivity contribution in [3.63, 3.8) is 0 Å².